The highest BCUT2D eigenvalue weighted by Gasteiger charge is 2.07. The minimum atomic E-state index is 0.803. The van der Waals surface area contributed by atoms with Crippen molar-refractivity contribution in [3.05, 3.63) is 0 Å². The Morgan fingerprint density at radius 1 is 1.18 bits per heavy atom. The van der Waals surface area contributed by atoms with Gasteiger partial charge in [-0.2, -0.15) is 0 Å². The second-order valence-corrected chi connectivity index (χ2v) is 3.37. The van der Waals surface area contributed by atoms with Crippen LogP contribution in [0.5, 0.6) is 0 Å². The molecule has 0 aliphatic rings. The van der Waals surface area contributed by atoms with Crippen molar-refractivity contribution in [1.82, 2.24) is 10.0 Å². The zero-order valence-electron chi connectivity index (χ0n) is 8.59. The predicted molar refractivity (Wildman–Crippen MR) is 50.4 cm³/mol. The Labute approximate surface area is 71.1 Å². The van der Waals surface area contributed by atoms with E-state index in [9.17, 15) is 0 Å². The molecule has 0 N–H and O–H groups in total. The van der Waals surface area contributed by atoms with Crippen LogP contribution in [0.3, 0.4) is 0 Å². The molecule has 0 aromatic carbocycles. The number of hydrazine groups is 1. The Morgan fingerprint density at radius 2 is 1.73 bits per heavy atom. The number of nitrogens with zero attached hydrogens (tertiary/aromatic N) is 2. The van der Waals surface area contributed by atoms with E-state index in [2.05, 4.69) is 44.9 Å². The fourth-order valence-electron chi connectivity index (χ4n) is 1.06. The molecule has 0 amide bonds. The van der Waals surface area contributed by atoms with E-state index in [-0.39, 0.29) is 0 Å². The molecule has 0 aliphatic heterocycles. The molecule has 0 saturated heterocycles. The molecule has 0 aromatic rings. The van der Waals surface area contributed by atoms with Crippen molar-refractivity contribution in [3.63, 3.8) is 0 Å². The standard InChI is InChI=1S/C9H22N2/c1-6-9(3)8-11(7-2)10(4)5/h9H,6-8H2,1-5H3. The van der Waals surface area contributed by atoms with Crippen LogP contribution in [0.15, 0.2) is 0 Å². The zero-order chi connectivity index (χ0) is 8.85. The molecule has 1 unspecified atom stereocenters. The predicted octanol–water partition coefficient (Wildman–Crippen LogP) is 1.83. The Hall–Kier alpha value is -0.0800. The molecule has 0 fully saturated rings. The summed E-state index contributed by atoms with van der Waals surface area (Å²) in [5, 5.41) is 4.53. The highest BCUT2D eigenvalue weighted by Crippen LogP contribution is 2.04. The lowest BCUT2D eigenvalue weighted by Crippen LogP contribution is -2.39. The zero-order valence-corrected chi connectivity index (χ0v) is 8.59. The van der Waals surface area contributed by atoms with Gasteiger partial charge in [-0.15, -0.1) is 0 Å². The summed E-state index contributed by atoms with van der Waals surface area (Å²) in [7, 11) is 4.21. The van der Waals surface area contributed by atoms with Gasteiger partial charge in [0.15, 0.2) is 0 Å². The summed E-state index contributed by atoms with van der Waals surface area (Å²) in [5.74, 6) is 0.803. The lowest BCUT2D eigenvalue weighted by molar-refractivity contribution is 0.0170. The van der Waals surface area contributed by atoms with Crippen LogP contribution < -0.4 is 0 Å². The Morgan fingerprint density at radius 3 is 2.00 bits per heavy atom. The van der Waals surface area contributed by atoms with E-state index < -0.39 is 0 Å². The van der Waals surface area contributed by atoms with Crippen molar-refractivity contribution in [2.24, 2.45) is 5.92 Å². The number of hydrogen-bond donors (Lipinski definition) is 0. The summed E-state index contributed by atoms with van der Waals surface area (Å²) in [4.78, 5) is 0. The molecular formula is C9H22N2. The van der Waals surface area contributed by atoms with Crippen LogP contribution in [0.2, 0.25) is 0 Å². The van der Waals surface area contributed by atoms with Crippen LogP contribution in [-0.4, -0.2) is 37.2 Å². The second kappa shape index (κ2) is 5.56. The van der Waals surface area contributed by atoms with E-state index in [0.29, 0.717) is 0 Å². The average Bonchev–Trinajstić information content (AvgIpc) is 1.99. The Balaban J connectivity index is 3.68. The first kappa shape index (κ1) is 10.9. The van der Waals surface area contributed by atoms with E-state index in [1.165, 1.54) is 13.0 Å². The Kier molecular flexibility index (Phi) is 5.51. The van der Waals surface area contributed by atoms with E-state index in [0.717, 1.165) is 12.5 Å². The lowest BCUT2D eigenvalue weighted by atomic mass is 10.1. The van der Waals surface area contributed by atoms with Crippen molar-refractivity contribution in [2.45, 2.75) is 27.2 Å². The maximum atomic E-state index is 2.36. The third kappa shape index (κ3) is 4.38. The molecule has 0 aliphatic carbocycles. The van der Waals surface area contributed by atoms with Crippen molar-refractivity contribution < 1.29 is 0 Å². The molecule has 0 spiro atoms. The summed E-state index contributed by atoms with van der Waals surface area (Å²) < 4.78 is 0. The molecule has 68 valence electrons. The smallest absolute Gasteiger partial charge is 0.0158 e. The van der Waals surface area contributed by atoms with E-state index in [4.69, 9.17) is 0 Å². The summed E-state index contributed by atoms with van der Waals surface area (Å²) in [6.07, 6.45) is 1.27. The highest BCUT2D eigenvalue weighted by atomic mass is 15.6. The van der Waals surface area contributed by atoms with Gasteiger partial charge in [0.1, 0.15) is 0 Å². The van der Waals surface area contributed by atoms with Crippen LogP contribution in [-0.2, 0) is 0 Å². The maximum absolute atomic E-state index is 2.36. The highest BCUT2D eigenvalue weighted by molar-refractivity contribution is 4.55. The topological polar surface area (TPSA) is 6.48 Å². The lowest BCUT2D eigenvalue weighted by Gasteiger charge is -2.29. The summed E-state index contributed by atoms with van der Waals surface area (Å²) >= 11 is 0. The van der Waals surface area contributed by atoms with Gasteiger partial charge in [0.25, 0.3) is 0 Å². The summed E-state index contributed by atoms with van der Waals surface area (Å²) in [6.45, 7) is 9.03. The second-order valence-electron chi connectivity index (χ2n) is 3.37. The van der Waals surface area contributed by atoms with E-state index in [1.54, 1.807) is 0 Å². The van der Waals surface area contributed by atoms with Gasteiger partial charge >= 0.3 is 0 Å². The quantitative estimate of drug-likeness (QED) is 0.563. The third-order valence-electron chi connectivity index (χ3n) is 2.15. The minimum Gasteiger partial charge on any atom is -0.248 e. The van der Waals surface area contributed by atoms with Gasteiger partial charge in [0.2, 0.25) is 0 Å². The van der Waals surface area contributed by atoms with Crippen molar-refractivity contribution in [3.8, 4) is 0 Å². The van der Waals surface area contributed by atoms with Crippen LogP contribution in [0.1, 0.15) is 27.2 Å². The number of rotatable bonds is 5. The van der Waals surface area contributed by atoms with Crippen molar-refractivity contribution in [2.75, 3.05) is 27.2 Å². The molecule has 2 heteroatoms. The van der Waals surface area contributed by atoms with Gasteiger partial charge in [-0.05, 0) is 5.92 Å². The summed E-state index contributed by atoms with van der Waals surface area (Å²) in [5.41, 5.74) is 0. The van der Waals surface area contributed by atoms with Crippen LogP contribution in [0.4, 0.5) is 0 Å². The first-order valence-electron chi connectivity index (χ1n) is 4.53. The van der Waals surface area contributed by atoms with Gasteiger partial charge in [-0.25, -0.2) is 10.0 Å². The molecule has 0 radical (unpaired) electrons. The van der Waals surface area contributed by atoms with Gasteiger partial charge in [0, 0.05) is 27.2 Å². The fraction of sp³-hybridized carbons (Fsp3) is 1.00. The Bertz CT molecular complexity index is 91.6. The third-order valence-corrected chi connectivity index (χ3v) is 2.15. The molecule has 1 atom stereocenters. The monoisotopic (exact) mass is 158 g/mol. The number of hydrogen-bond acceptors (Lipinski definition) is 2. The molecule has 11 heavy (non-hydrogen) atoms. The van der Waals surface area contributed by atoms with Crippen molar-refractivity contribution >= 4 is 0 Å². The van der Waals surface area contributed by atoms with Crippen LogP contribution >= 0.6 is 0 Å². The normalized spacial score (nSPS) is 14.5. The molecule has 0 bridgehead atoms. The average molecular weight is 158 g/mol. The van der Waals surface area contributed by atoms with Gasteiger partial charge in [-0.1, -0.05) is 27.2 Å². The molecule has 2 nitrogen and oxygen atoms in total. The molecule has 0 heterocycles. The molecule has 0 saturated carbocycles. The van der Waals surface area contributed by atoms with Gasteiger partial charge < -0.3 is 0 Å². The molecule has 0 aromatic heterocycles. The van der Waals surface area contributed by atoms with Crippen LogP contribution in [0, 0.1) is 5.92 Å². The fourth-order valence-corrected chi connectivity index (χ4v) is 1.06. The first-order valence-corrected chi connectivity index (χ1v) is 4.53. The molecule has 0 rings (SSSR count). The van der Waals surface area contributed by atoms with Gasteiger partial charge in [-0.3, -0.25) is 0 Å². The van der Waals surface area contributed by atoms with Gasteiger partial charge in [0.05, 0.1) is 0 Å². The first-order chi connectivity index (χ1) is 5.11. The van der Waals surface area contributed by atoms with E-state index >= 15 is 0 Å². The minimum absolute atomic E-state index is 0.803. The van der Waals surface area contributed by atoms with Crippen LogP contribution in [0.25, 0.3) is 0 Å². The molecular weight excluding hydrogens is 136 g/mol. The maximum Gasteiger partial charge on any atom is 0.0158 e. The largest absolute Gasteiger partial charge is 0.248 e. The van der Waals surface area contributed by atoms with Crippen molar-refractivity contribution in [1.29, 1.82) is 0 Å². The van der Waals surface area contributed by atoms with E-state index in [1.807, 2.05) is 0 Å². The summed E-state index contributed by atoms with van der Waals surface area (Å²) in [6, 6.07) is 0. The SMILES string of the molecule is CCC(C)CN(CC)N(C)C.